The van der Waals surface area contributed by atoms with Gasteiger partial charge >= 0.3 is 10.8 Å². The topological polar surface area (TPSA) is 0 Å². The van der Waals surface area contributed by atoms with Crippen molar-refractivity contribution >= 4 is 47.8 Å². The molecule has 0 spiro atoms. The van der Waals surface area contributed by atoms with Crippen LogP contribution in [0.1, 0.15) is 0 Å². The average molecular weight is 367 g/mol. The number of halogens is 7. The van der Waals surface area contributed by atoms with Gasteiger partial charge in [-0.2, -0.15) is 17.6 Å². The third-order valence-corrected chi connectivity index (χ3v) is 3.85. The zero-order valence-electron chi connectivity index (χ0n) is 4.93. The minimum absolute atomic E-state index is 0.249. The van der Waals surface area contributed by atoms with Gasteiger partial charge in [0.15, 0.2) is 0 Å². The van der Waals surface area contributed by atoms with Crippen LogP contribution in [-0.4, -0.2) is 20.9 Å². The molecule has 0 aromatic rings. The van der Waals surface area contributed by atoms with Gasteiger partial charge in [-0.15, -0.1) is 0 Å². The summed E-state index contributed by atoms with van der Waals surface area (Å²) < 4.78 is 49.0. The summed E-state index contributed by atoms with van der Waals surface area (Å²) in [5, 5.41) is -0.249. The largest absolute Gasteiger partial charge is 0.364 e. The molecule has 0 aromatic carbocycles. The van der Waals surface area contributed by atoms with Gasteiger partial charge in [0.05, 0.1) is 4.83 Å². The molecule has 0 saturated heterocycles. The first kappa shape index (κ1) is 12.2. The molecule has 7 heteroatoms. The highest BCUT2D eigenvalue weighted by Gasteiger charge is 2.58. The van der Waals surface area contributed by atoms with E-state index in [0.717, 1.165) is 0 Å². The number of rotatable bonds is 3. The highest BCUT2D eigenvalue weighted by atomic mass is 79.9. The molecule has 0 heterocycles. The molecular weight excluding hydrogens is 364 g/mol. The maximum Gasteiger partial charge on any atom is 0.364 e. The summed E-state index contributed by atoms with van der Waals surface area (Å²) in [5.74, 6) is -4.10. The van der Waals surface area contributed by atoms with Crippen molar-refractivity contribution in [3.05, 3.63) is 0 Å². The van der Waals surface area contributed by atoms with E-state index in [0.29, 0.717) is 0 Å². The zero-order chi connectivity index (χ0) is 9.28. The summed E-state index contributed by atoms with van der Waals surface area (Å²) in [5.41, 5.74) is 0. The van der Waals surface area contributed by atoms with Gasteiger partial charge in [-0.05, 0) is 15.9 Å². The standard InChI is InChI=1S/C4H3Br3F4/c5-1-2(6)3(8,9)4(7,10)11/h2H,1H2/t2-/m1/s1. The van der Waals surface area contributed by atoms with Crippen molar-refractivity contribution in [3.8, 4) is 0 Å². The van der Waals surface area contributed by atoms with E-state index in [1.54, 1.807) is 15.9 Å². The molecule has 0 unspecified atom stereocenters. The van der Waals surface area contributed by atoms with Gasteiger partial charge in [0.25, 0.3) is 0 Å². The maximum atomic E-state index is 12.5. The SMILES string of the molecule is FC(F)(Br)C(F)(F)[C@H](Br)CBr. The van der Waals surface area contributed by atoms with Crippen molar-refractivity contribution in [2.45, 2.75) is 15.6 Å². The second-order valence-electron chi connectivity index (χ2n) is 1.74. The number of alkyl halides is 7. The van der Waals surface area contributed by atoms with Gasteiger partial charge < -0.3 is 0 Å². The minimum Gasteiger partial charge on any atom is -0.197 e. The molecule has 0 aliphatic heterocycles. The normalized spacial score (nSPS) is 16.6. The van der Waals surface area contributed by atoms with E-state index in [4.69, 9.17) is 0 Å². The van der Waals surface area contributed by atoms with Crippen LogP contribution in [0.25, 0.3) is 0 Å². The lowest BCUT2D eigenvalue weighted by molar-refractivity contribution is -0.142. The maximum absolute atomic E-state index is 12.5. The van der Waals surface area contributed by atoms with Crippen molar-refractivity contribution in [2.24, 2.45) is 0 Å². The van der Waals surface area contributed by atoms with Crippen LogP contribution in [-0.2, 0) is 0 Å². The van der Waals surface area contributed by atoms with Gasteiger partial charge in [-0.25, -0.2) is 0 Å². The van der Waals surface area contributed by atoms with E-state index in [2.05, 4.69) is 31.9 Å². The first-order chi connectivity index (χ1) is 4.73. The van der Waals surface area contributed by atoms with Crippen LogP contribution in [0, 0.1) is 0 Å². The Balaban J connectivity index is 4.45. The Labute approximate surface area is 86.1 Å². The molecular formula is C4H3Br3F4. The van der Waals surface area contributed by atoms with Gasteiger partial charge in [-0.1, -0.05) is 31.9 Å². The van der Waals surface area contributed by atoms with Crippen LogP contribution in [0.2, 0.25) is 0 Å². The molecule has 0 saturated carbocycles. The molecule has 1 atom stereocenters. The van der Waals surface area contributed by atoms with Gasteiger partial charge in [0.1, 0.15) is 0 Å². The minimum atomic E-state index is -4.18. The summed E-state index contributed by atoms with van der Waals surface area (Å²) in [6.45, 7) is 0. The third-order valence-electron chi connectivity index (χ3n) is 0.907. The fourth-order valence-corrected chi connectivity index (χ4v) is 1.55. The molecule has 0 bridgehead atoms. The molecule has 0 fully saturated rings. The van der Waals surface area contributed by atoms with E-state index in [1.165, 1.54) is 0 Å². The Morgan fingerprint density at radius 1 is 1.18 bits per heavy atom. The summed E-state index contributed by atoms with van der Waals surface area (Å²) in [7, 11) is 0. The van der Waals surface area contributed by atoms with Crippen molar-refractivity contribution in [2.75, 3.05) is 5.33 Å². The smallest absolute Gasteiger partial charge is 0.197 e. The molecule has 0 nitrogen and oxygen atoms in total. The molecule has 0 N–H and O–H groups in total. The lowest BCUT2D eigenvalue weighted by atomic mass is 10.3. The van der Waals surface area contributed by atoms with Crippen LogP contribution >= 0.6 is 47.8 Å². The summed E-state index contributed by atoms with van der Waals surface area (Å²) in [4.78, 5) is -5.77. The summed E-state index contributed by atoms with van der Waals surface area (Å²) >= 11 is 6.70. The highest BCUT2D eigenvalue weighted by Crippen LogP contribution is 2.44. The average Bonchev–Trinajstić information content (AvgIpc) is 1.83. The van der Waals surface area contributed by atoms with E-state index in [-0.39, 0.29) is 5.33 Å². The van der Waals surface area contributed by atoms with E-state index < -0.39 is 15.6 Å². The highest BCUT2D eigenvalue weighted by molar-refractivity contribution is 9.12. The number of hydrogen-bond donors (Lipinski definition) is 0. The Hall–Kier alpha value is 1.16. The second kappa shape index (κ2) is 3.91. The van der Waals surface area contributed by atoms with Crippen LogP contribution in [0.15, 0.2) is 0 Å². The second-order valence-corrected chi connectivity index (χ2v) is 4.49. The molecule has 0 radical (unpaired) electrons. The summed E-state index contributed by atoms with van der Waals surface area (Å²) in [6.07, 6.45) is 0. The van der Waals surface area contributed by atoms with Crippen LogP contribution in [0.4, 0.5) is 17.6 Å². The van der Waals surface area contributed by atoms with E-state index in [9.17, 15) is 17.6 Å². The van der Waals surface area contributed by atoms with Gasteiger partial charge in [0, 0.05) is 5.33 Å². The predicted octanol–water partition coefficient (Wildman–Crippen LogP) is 3.77. The fourth-order valence-electron chi connectivity index (χ4n) is 0.274. The van der Waals surface area contributed by atoms with Crippen molar-refractivity contribution < 1.29 is 17.6 Å². The van der Waals surface area contributed by atoms with Crippen LogP contribution in [0.3, 0.4) is 0 Å². The van der Waals surface area contributed by atoms with Crippen molar-refractivity contribution in [1.82, 2.24) is 0 Å². The molecule has 0 aromatic heterocycles. The summed E-state index contributed by atoms with van der Waals surface area (Å²) in [6, 6.07) is 0. The molecule has 68 valence electrons. The monoisotopic (exact) mass is 364 g/mol. The first-order valence-corrected chi connectivity index (χ1v) is 5.21. The Morgan fingerprint density at radius 3 is 1.64 bits per heavy atom. The molecule has 0 rings (SSSR count). The molecule has 11 heavy (non-hydrogen) atoms. The quantitative estimate of drug-likeness (QED) is 0.527. The Morgan fingerprint density at radius 2 is 1.55 bits per heavy atom. The van der Waals surface area contributed by atoms with E-state index >= 15 is 0 Å². The van der Waals surface area contributed by atoms with Crippen LogP contribution in [0.5, 0.6) is 0 Å². The fraction of sp³-hybridized carbons (Fsp3) is 1.00. The third kappa shape index (κ3) is 2.84. The Bertz CT molecular complexity index is 132. The van der Waals surface area contributed by atoms with Gasteiger partial charge in [0.2, 0.25) is 0 Å². The molecule has 0 amide bonds. The van der Waals surface area contributed by atoms with Crippen molar-refractivity contribution in [3.63, 3.8) is 0 Å². The van der Waals surface area contributed by atoms with Crippen LogP contribution < -0.4 is 0 Å². The lowest BCUT2D eigenvalue weighted by Crippen LogP contribution is -2.43. The predicted molar refractivity (Wildman–Crippen MR) is 45.3 cm³/mol. The first-order valence-electron chi connectivity index (χ1n) is 2.38. The van der Waals surface area contributed by atoms with Crippen molar-refractivity contribution in [1.29, 1.82) is 0 Å². The van der Waals surface area contributed by atoms with Gasteiger partial charge in [-0.3, -0.25) is 0 Å². The number of hydrogen-bond acceptors (Lipinski definition) is 0. The Kier molecular flexibility index (Phi) is 4.32. The van der Waals surface area contributed by atoms with E-state index in [1.807, 2.05) is 0 Å². The molecule has 0 aliphatic carbocycles. The molecule has 0 aliphatic rings. The lowest BCUT2D eigenvalue weighted by Gasteiger charge is -2.24. The zero-order valence-corrected chi connectivity index (χ0v) is 9.69.